The molecule has 0 fully saturated rings. The highest BCUT2D eigenvalue weighted by Crippen LogP contribution is 2.18. The second-order valence-corrected chi connectivity index (χ2v) is 8.09. The number of nitrogens with zero attached hydrogens (tertiary/aromatic N) is 2. The molecule has 7 nitrogen and oxygen atoms in total. The molecule has 3 N–H and O–H groups in total. The minimum absolute atomic E-state index is 0. The van der Waals surface area contributed by atoms with Crippen LogP contribution in [0.4, 0.5) is 23.8 Å². The number of pyridine rings is 1. The van der Waals surface area contributed by atoms with E-state index in [1.54, 1.807) is 13.1 Å². The van der Waals surface area contributed by atoms with Crippen LogP contribution in [-0.2, 0) is 16.0 Å². The van der Waals surface area contributed by atoms with Gasteiger partial charge in [0.1, 0.15) is 18.2 Å². The summed E-state index contributed by atoms with van der Waals surface area (Å²) in [5.74, 6) is -2.46. The summed E-state index contributed by atoms with van der Waals surface area (Å²) in [6.45, 7) is 0.279. The summed E-state index contributed by atoms with van der Waals surface area (Å²) >= 11 is 0. The minimum atomic E-state index is -0.965. The maximum Gasteiger partial charge on any atom is 0.412 e. The molecule has 36 heavy (non-hydrogen) atoms. The number of halogens is 3. The van der Waals surface area contributed by atoms with Gasteiger partial charge in [0.15, 0.2) is 11.6 Å². The van der Waals surface area contributed by atoms with Gasteiger partial charge in [0, 0.05) is 25.1 Å². The lowest BCUT2D eigenvalue weighted by molar-refractivity contribution is -0.132. The molecular weight excluding hydrogens is 473 g/mol. The number of hydrogen-bond donors (Lipinski definition) is 2. The molecule has 0 aliphatic carbocycles. The molecule has 10 heteroatoms. The zero-order valence-electron chi connectivity index (χ0n) is 19.3. The lowest BCUT2D eigenvalue weighted by atomic mass is 10.1. The number of fused-ring (bicyclic) bond motifs is 1. The van der Waals surface area contributed by atoms with Crippen LogP contribution in [0.5, 0.6) is 0 Å². The van der Waals surface area contributed by atoms with Gasteiger partial charge in [0.2, 0.25) is 5.91 Å². The molecule has 0 spiro atoms. The van der Waals surface area contributed by atoms with E-state index in [-0.39, 0.29) is 44.2 Å². The lowest BCUT2D eigenvalue weighted by Crippen LogP contribution is -2.41. The van der Waals surface area contributed by atoms with Crippen LogP contribution >= 0.6 is 0 Å². The quantitative estimate of drug-likeness (QED) is 0.403. The number of hydrogen-bond acceptors (Lipinski definition) is 5. The molecular formula is C26H31F3N4O3. The van der Waals surface area contributed by atoms with Crippen LogP contribution in [0.2, 0.25) is 0 Å². The number of ether oxygens (including phenoxy) is 1. The number of anilines is 1. The summed E-state index contributed by atoms with van der Waals surface area (Å²) in [6, 6.07) is 9.12. The van der Waals surface area contributed by atoms with Crippen LogP contribution in [0.1, 0.15) is 32.3 Å². The minimum Gasteiger partial charge on any atom is -0.447 e. The summed E-state index contributed by atoms with van der Waals surface area (Å²) in [4.78, 5) is 30.5. The number of rotatable bonds is 10. The molecule has 3 rings (SSSR count). The third-order valence-corrected chi connectivity index (χ3v) is 5.64. The number of amides is 2. The van der Waals surface area contributed by atoms with E-state index in [0.717, 1.165) is 6.07 Å². The zero-order valence-corrected chi connectivity index (χ0v) is 19.3. The van der Waals surface area contributed by atoms with Crippen molar-refractivity contribution in [2.75, 3.05) is 25.5 Å². The monoisotopic (exact) mass is 504 g/mol. The highest BCUT2D eigenvalue weighted by molar-refractivity contribution is 5.89. The molecule has 0 saturated carbocycles. The molecule has 194 valence electrons. The van der Waals surface area contributed by atoms with Crippen LogP contribution < -0.4 is 11.1 Å². The first kappa shape index (κ1) is 28.6. The SMILES string of the molecule is C.CN(C(=O)CCc1cccc(F)c1F)[C@@H](CCCN)COC(=O)Nc1cc2cc(F)ccc2cn1. The predicted molar refractivity (Wildman–Crippen MR) is 133 cm³/mol. The van der Waals surface area contributed by atoms with E-state index in [9.17, 15) is 22.8 Å². The van der Waals surface area contributed by atoms with E-state index >= 15 is 0 Å². The van der Waals surface area contributed by atoms with Gasteiger partial charge in [0.25, 0.3) is 0 Å². The van der Waals surface area contributed by atoms with Gasteiger partial charge in [-0.2, -0.15) is 0 Å². The van der Waals surface area contributed by atoms with Crippen molar-refractivity contribution < 1.29 is 27.5 Å². The Hall–Kier alpha value is -3.66. The van der Waals surface area contributed by atoms with Crippen LogP contribution in [0.3, 0.4) is 0 Å². The highest BCUT2D eigenvalue weighted by atomic mass is 19.2. The van der Waals surface area contributed by atoms with Crippen LogP contribution in [0.15, 0.2) is 48.7 Å². The van der Waals surface area contributed by atoms with Crippen molar-refractivity contribution >= 4 is 28.6 Å². The number of likely N-dealkylation sites (N-methyl/N-ethyl adjacent to an activating group) is 1. The standard InChI is InChI=1S/C25H27F3N4O3.CH4/c1-32(23(33)10-8-16-4-2-6-21(27)24(16)28)20(5-3-11-29)15-35-25(34)31-22-13-18-12-19(26)9-7-17(18)14-30-22;/h2,4,6-7,9,12-14,20H,3,5,8,10-11,15,29H2,1H3,(H,30,31,34);1H4/t20-;/m0./s1. The first-order chi connectivity index (χ1) is 16.8. The smallest absolute Gasteiger partial charge is 0.412 e. The molecule has 1 heterocycles. The van der Waals surface area contributed by atoms with Crippen LogP contribution in [-0.4, -0.2) is 48.1 Å². The second kappa shape index (κ2) is 13.4. The number of aromatic nitrogens is 1. The average Bonchev–Trinajstić information content (AvgIpc) is 2.84. The van der Waals surface area contributed by atoms with Gasteiger partial charge >= 0.3 is 6.09 Å². The Kier molecular flexibility index (Phi) is 10.7. The van der Waals surface area contributed by atoms with E-state index in [1.165, 1.54) is 41.4 Å². The third kappa shape index (κ3) is 7.67. The zero-order chi connectivity index (χ0) is 25.4. The van der Waals surface area contributed by atoms with E-state index < -0.39 is 29.6 Å². The molecule has 0 aliphatic heterocycles. The van der Waals surface area contributed by atoms with Gasteiger partial charge in [0.05, 0.1) is 6.04 Å². The average molecular weight is 505 g/mol. The fourth-order valence-corrected chi connectivity index (χ4v) is 3.60. The maximum absolute atomic E-state index is 13.9. The van der Waals surface area contributed by atoms with Gasteiger partial charge in [-0.3, -0.25) is 10.1 Å². The Bertz CT molecular complexity index is 1190. The molecule has 3 aromatic rings. The Morgan fingerprint density at radius 3 is 2.67 bits per heavy atom. The topological polar surface area (TPSA) is 97.5 Å². The van der Waals surface area contributed by atoms with Gasteiger partial charge in [-0.15, -0.1) is 0 Å². The fraction of sp³-hybridized carbons (Fsp3) is 0.346. The second-order valence-electron chi connectivity index (χ2n) is 8.09. The van der Waals surface area contributed by atoms with E-state index in [4.69, 9.17) is 10.5 Å². The molecule has 0 radical (unpaired) electrons. The summed E-state index contributed by atoms with van der Waals surface area (Å²) in [5, 5.41) is 3.77. The van der Waals surface area contributed by atoms with E-state index in [1.807, 2.05) is 0 Å². The molecule has 2 aromatic carbocycles. The fourth-order valence-electron chi connectivity index (χ4n) is 3.60. The Morgan fingerprint density at radius 1 is 1.14 bits per heavy atom. The van der Waals surface area contributed by atoms with Crippen molar-refractivity contribution in [1.29, 1.82) is 0 Å². The molecule has 0 saturated heterocycles. The summed E-state index contributed by atoms with van der Waals surface area (Å²) in [7, 11) is 1.56. The van der Waals surface area contributed by atoms with Crippen molar-refractivity contribution in [3.05, 3.63) is 71.7 Å². The van der Waals surface area contributed by atoms with Crippen molar-refractivity contribution in [3.8, 4) is 0 Å². The third-order valence-electron chi connectivity index (χ3n) is 5.64. The van der Waals surface area contributed by atoms with Crippen LogP contribution in [0, 0.1) is 17.5 Å². The van der Waals surface area contributed by atoms with Gasteiger partial charge in [-0.1, -0.05) is 19.6 Å². The summed E-state index contributed by atoms with van der Waals surface area (Å²) in [6.07, 6.45) is 1.78. The Balaban J connectivity index is 0.00000456. The molecule has 1 aromatic heterocycles. The normalized spacial score (nSPS) is 11.5. The number of nitrogens with two attached hydrogens (primary N) is 1. The largest absolute Gasteiger partial charge is 0.447 e. The van der Waals surface area contributed by atoms with Crippen molar-refractivity contribution in [1.82, 2.24) is 9.88 Å². The Labute approximate surface area is 208 Å². The van der Waals surface area contributed by atoms with Gasteiger partial charge in [-0.05, 0) is 67.1 Å². The number of carbonyl (C=O) groups is 2. The number of benzene rings is 2. The van der Waals surface area contributed by atoms with Crippen molar-refractivity contribution in [2.24, 2.45) is 5.73 Å². The summed E-state index contributed by atoms with van der Waals surface area (Å²) < 4.78 is 46.0. The van der Waals surface area contributed by atoms with Crippen molar-refractivity contribution in [2.45, 2.75) is 39.2 Å². The number of aryl methyl sites for hydroxylation is 1. The molecule has 0 unspecified atom stereocenters. The summed E-state index contributed by atoms with van der Waals surface area (Å²) in [5.41, 5.74) is 5.71. The molecule has 2 amide bonds. The number of nitrogens with one attached hydrogen (secondary N) is 1. The molecule has 0 aliphatic rings. The Morgan fingerprint density at radius 2 is 1.92 bits per heavy atom. The molecule has 1 atom stereocenters. The molecule has 0 bridgehead atoms. The number of carbonyl (C=O) groups excluding carboxylic acids is 2. The van der Waals surface area contributed by atoms with Gasteiger partial charge in [-0.25, -0.2) is 22.9 Å². The van der Waals surface area contributed by atoms with E-state index in [2.05, 4.69) is 10.3 Å². The predicted octanol–water partition coefficient (Wildman–Crippen LogP) is 5.04. The first-order valence-electron chi connectivity index (χ1n) is 11.2. The lowest BCUT2D eigenvalue weighted by Gasteiger charge is -2.28. The van der Waals surface area contributed by atoms with Crippen LogP contribution in [0.25, 0.3) is 10.8 Å². The first-order valence-corrected chi connectivity index (χ1v) is 11.2. The maximum atomic E-state index is 13.9. The van der Waals surface area contributed by atoms with E-state index in [0.29, 0.717) is 30.2 Å². The highest BCUT2D eigenvalue weighted by Gasteiger charge is 2.22. The van der Waals surface area contributed by atoms with Gasteiger partial charge < -0.3 is 15.4 Å². The van der Waals surface area contributed by atoms with Crippen molar-refractivity contribution in [3.63, 3.8) is 0 Å².